The van der Waals surface area contributed by atoms with Crippen LogP contribution in [-0.2, 0) is 4.79 Å². The van der Waals surface area contributed by atoms with Crippen LogP contribution in [0, 0.1) is 5.92 Å². The Kier molecular flexibility index (Phi) is 5.81. The second-order valence-corrected chi connectivity index (χ2v) is 7.73. The van der Waals surface area contributed by atoms with Crippen LogP contribution in [0.3, 0.4) is 0 Å². The maximum atomic E-state index is 13.0. The number of benzene rings is 2. The molecule has 0 aliphatic carbocycles. The summed E-state index contributed by atoms with van der Waals surface area (Å²) in [6.07, 6.45) is -1.07. The number of carboxylic acid groups (broad SMARTS) is 1. The number of nitrogens with zero attached hydrogens (tertiary/aromatic N) is 4. The van der Waals surface area contributed by atoms with Gasteiger partial charge in [-0.15, -0.1) is 0 Å². The summed E-state index contributed by atoms with van der Waals surface area (Å²) in [5.41, 5.74) is 2.76. The number of amides is 1. The molecule has 2 aliphatic rings. The van der Waals surface area contributed by atoms with E-state index in [9.17, 15) is 24.9 Å². The molecule has 0 aromatic heterocycles. The largest absolute Gasteiger partial charge is 0.478 e. The van der Waals surface area contributed by atoms with Gasteiger partial charge in [-0.2, -0.15) is 15.2 Å². The average molecular weight is 450 g/mol. The molecule has 2 aliphatic heterocycles. The quantitative estimate of drug-likeness (QED) is 0.402. The summed E-state index contributed by atoms with van der Waals surface area (Å²) in [5, 5.41) is 49.7. The third-order valence-corrected chi connectivity index (χ3v) is 5.54. The molecule has 2 atom stereocenters. The summed E-state index contributed by atoms with van der Waals surface area (Å²) in [5.74, 6) is -2.01. The van der Waals surface area contributed by atoms with E-state index in [4.69, 9.17) is 5.11 Å². The van der Waals surface area contributed by atoms with E-state index in [0.29, 0.717) is 33.9 Å². The second-order valence-electron chi connectivity index (χ2n) is 7.73. The average Bonchev–Trinajstić information content (AvgIpc) is 3.24. The fraction of sp³-hybridized carbons (Fsp3) is 0.217. The third-order valence-electron chi connectivity index (χ3n) is 5.54. The van der Waals surface area contributed by atoms with E-state index in [1.54, 1.807) is 44.2 Å². The van der Waals surface area contributed by atoms with Gasteiger partial charge >= 0.3 is 5.97 Å². The van der Waals surface area contributed by atoms with Crippen molar-refractivity contribution in [3.8, 4) is 0 Å². The van der Waals surface area contributed by atoms with Crippen molar-refractivity contribution in [2.75, 3.05) is 10.0 Å². The molecular formula is C23H22N4O6. The number of hydrazone groups is 2. The molecule has 33 heavy (non-hydrogen) atoms. The zero-order valence-corrected chi connectivity index (χ0v) is 17.8. The van der Waals surface area contributed by atoms with E-state index in [1.165, 1.54) is 34.3 Å². The molecule has 0 bridgehead atoms. The zero-order valence-electron chi connectivity index (χ0n) is 17.8. The van der Waals surface area contributed by atoms with Crippen molar-refractivity contribution in [2.45, 2.75) is 26.4 Å². The highest BCUT2D eigenvalue weighted by molar-refractivity contribution is 6.30. The lowest BCUT2D eigenvalue weighted by molar-refractivity contribution is -0.114. The van der Waals surface area contributed by atoms with Gasteiger partial charge in [-0.1, -0.05) is 18.2 Å². The minimum absolute atomic E-state index is 0.122. The van der Waals surface area contributed by atoms with Crippen LogP contribution in [0.1, 0.15) is 36.1 Å². The molecule has 0 saturated heterocycles. The highest BCUT2D eigenvalue weighted by atomic mass is 16.5. The molecule has 0 fully saturated rings. The van der Waals surface area contributed by atoms with Crippen LogP contribution in [0.15, 0.2) is 70.4 Å². The van der Waals surface area contributed by atoms with Crippen molar-refractivity contribution >= 4 is 34.7 Å². The first-order valence-electron chi connectivity index (χ1n) is 10.1. The van der Waals surface area contributed by atoms with Crippen molar-refractivity contribution in [3.05, 3.63) is 71.3 Å². The molecule has 2 aromatic carbocycles. The van der Waals surface area contributed by atoms with Crippen molar-refractivity contribution in [1.82, 2.24) is 0 Å². The van der Waals surface area contributed by atoms with Gasteiger partial charge < -0.3 is 20.4 Å². The molecule has 4 N–H and O–H groups in total. The number of carbonyl (C=O) groups is 2. The van der Waals surface area contributed by atoms with E-state index < -0.39 is 24.4 Å². The topological polar surface area (TPSA) is 146 Å². The Hall–Kier alpha value is -3.86. The van der Waals surface area contributed by atoms with E-state index in [0.717, 1.165) is 0 Å². The minimum atomic E-state index is -1.61. The molecule has 0 radical (unpaired) electrons. The Balaban J connectivity index is 1.56. The fourth-order valence-corrected chi connectivity index (χ4v) is 3.69. The van der Waals surface area contributed by atoms with Crippen LogP contribution in [0.5, 0.6) is 0 Å². The molecule has 170 valence electrons. The normalized spacial score (nSPS) is 21.8. The van der Waals surface area contributed by atoms with Crippen LogP contribution in [-0.4, -0.2) is 50.0 Å². The highest BCUT2D eigenvalue weighted by Crippen LogP contribution is 2.31. The maximum Gasteiger partial charge on any atom is 0.335 e. The summed E-state index contributed by atoms with van der Waals surface area (Å²) < 4.78 is 0. The van der Waals surface area contributed by atoms with E-state index >= 15 is 0 Å². The molecule has 0 saturated carbocycles. The monoisotopic (exact) mass is 450 g/mol. The van der Waals surface area contributed by atoms with Gasteiger partial charge in [0.1, 0.15) is 0 Å². The van der Waals surface area contributed by atoms with Crippen LogP contribution in [0.4, 0.5) is 11.4 Å². The molecule has 10 heteroatoms. The molecular weight excluding hydrogens is 428 g/mol. The predicted molar refractivity (Wildman–Crippen MR) is 121 cm³/mol. The zero-order chi connectivity index (χ0) is 23.9. The van der Waals surface area contributed by atoms with Crippen molar-refractivity contribution < 1.29 is 30.0 Å². The fourth-order valence-electron chi connectivity index (χ4n) is 3.69. The van der Waals surface area contributed by atoms with Crippen molar-refractivity contribution in [3.63, 3.8) is 0 Å². The van der Waals surface area contributed by atoms with Gasteiger partial charge in [0.15, 0.2) is 12.5 Å². The van der Waals surface area contributed by atoms with Crippen molar-refractivity contribution in [2.24, 2.45) is 16.1 Å². The molecule has 0 spiro atoms. The summed E-state index contributed by atoms with van der Waals surface area (Å²) in [6, 6.07) is 12.1. The van der Waals surface area contributed by atoms with Crippen LogP contribution in [0.2, 0.25) is 0 Å². The van der Waals surface area contributed by atoms with Gasteiger partial charge in [0, 0.05) is 11.3 Å². The van der Waals surface area contributed by atoms with Gasteiger partial charge in [-0.3, -0.25) is 4.79 Å². The molecule has 2 aromatic rings. The summed E-state index contributed by atoms with van der Waals surface area (Å²) >= 11 is 0. The summed E-state index contributed by atoms with van der Waals surface area (Å²) in [6.45, 7) is 3.42. The van der Waals surface area contributed by atoms with Crippen LogP contribution >= 0.6 is 0 Å². The number of aromatic carboxylic acids is 1. The Morgan fingerprint density at radius 3 is 2.18 bits per heavy atom. The minimum Gasteiger partial charge on any atom is -0.478 e. The molecule has 2 heterocycles. The first-order chi connectivity index (χ1) is 15.7. The summed E-state index contributed by atoms with van der Waals surface area (Å²) in [7, 11) is 0. The number of carboxylic acids is 1. The molecule has 1 amide bonds. The predicted octanol–water partition coefficient (Wildman–Crippen LogP) is 1.85. The lowest BCUT2D eigenvalue weighted by Gasteiger charge is -2.22. The number of hydrogen-bond donors (Lipinski definition) is 4. The first kappa shape index (κ1) is 22.3. The standard InChI is InChI=1S/C23H22N4O6/c1-12-18(20(28)26(24-12)16-7-3-14(4-8-16)22(30)31)11-19-13(2)25-27(21(19)29)17-9-5-15(6-10-17)23(32)33/h3-11,18,20,23,28,32-33H,1-2H3,(H,30,31)/b19-11+. The van der Waals surface area contributed by atoms with Gasteiger partial charge in [0.2, 0.25) is 0 Å². The van der Waals surface area contributed by atoms with Crippen LogP contribution < -0.4 is 10.0 Å². The SMILES string of the molecule is CC1=NN(c2ccc(C(O)O)cc2)C(=O)/C1=C/C1C(C)=NN(c2ccc(C(=O)O)cc2)C1O. The number of hydrogen-bond acceptors (Lipinski definition) is 8. The second kappa shape index (κ2) is 8.58. The number of aliphatic hydroxyl groups excluding tert-OH is 2. The smallest absolute Gasteiger partial charge is 0.335 e. The van der Waals surface area contributed by atoms with Gasteiger partial charge in [-0.05, 0) is 50.2 Å². The number of carbonyl (C=O) groups excluding carboxylic acids is 1. The van der Waals surface area contributed by atoms with Crippen LogP contribution in [0.25, 0.3) is 0 Å². The lowest BCUT2D eigenvalue weighted by Crippen LogP contribution is -2.32. The van der Waals surface area contributed by atoms with E-state index in [1.807, 2.05) is 0 Å². The van der Waals surface area contributed by atoms with Gasteiger partial charge in [0.25, 0.3) is 5.91 Å². The number of aliphatic hydroxyl groups is 3. The first-order valence-corrected chi connectivity index (χ1v) is 10.1. The Labute approximate surface area is 189 Å². The maximum absolute atomic E-state index is 13.0. The van der Waals surface area contributed by atoms with Gasteiger partial charge in [0.05, 0.1) is 34.1 Å². The third kappa shape index (κ3) is 4.14. The van der Waals surface area contributed by atoms with E-state index in [-0.39, 0.29) is 11.5 Å². The highest BCUT2D eigenvalue weighted by Gasteiger charge is 2.37. The Morgan fingerprint density at radius 2 is 1.61 bits per heavy atom. The Bertz CT molecular complexity index is 1180. The number of rotatable bonds is 5. The Morgan fingerprint density at radius 1 is 1.00 bits per heavy atom. The van der Waals surface area contributed by atoms with E-state index in [2.05, 4.69) is 10.2 Å². The molecule has 4 rings (SSSR count). The summed E-state index contributed by atoms with van der Waals surface area (Å²) in [4.78, 5) is 24.1. The lowest BCUT2D eigenvalue weighted by atomic mass is 9.98. The number of anilines is 2. The van der Waals surface area contributed by atoms with Crippen molar-refractivity contribution in [1.29, 1.82) is 0 Å². The molecule has 10 nitrogen and oxygen atoms in total. The van der Waals surface area contributed by atoms with Gasteiger partial charge in [-0.25, -0.2) is 9.80 Å². The molecule has 2 unspecified atom stereocenters.